The monoisotopic (exact) mass is 820 g/mol. The number of imidazole rings is 1. The van der Waals surface area contributed by atoms with Gasteiger partial charge in [-0.25, -0.2) is 26.6 Å². The summed E-state index contributed by atoms with van der Waals surface area (Å²) in [5.41, 5.74) is 1.05. The predicted molar refractivity (Wildman–Crippen MR) is 206 cm³/mol. The van der Waals surface area contributed by atoms with Crippen LogP contribution in [0.15, 0.2) is 70.8 Å². The van der Waals surface area contributed by atoms with E-state index in [1.165, 1.54) is 33.3 Å². The Hall–Kier alpha value is -3.60. The second kappa shape index (κ2) is 16.5. The Balaban J connectivity index is 1.27. The number of hydrogen-bond acceptors (Lipinski definition) is 8. The molecule has 3 aliphatic rings. The standard InChI is InChI=1S/C39H46ClF3N5O5S2/c1-26(37(49)53-5)46(13-6-17-48-18-14-45(15-19-48)16-20-48)55(50,51)30-22-33(42)31(34(43)23-30)25-54-38-44-24-36(47(38)29-10-8-28(41)9-11-29)39(2,3)27-7-12-32(40)35(21-27)52-4/h7-12,21-24,26H,6,13-20,25H2,1-5H3/q+1/t26-/m1/s1. The second-order valence-corrected chi connectivity index (χ2v) is 17.9. The smallest absolute Gasteiger partial charge is 0.323 e. The van der Waals surface area contributed by atoms with Crippen molar-refractivity contribution in [3.8, 4) is 11.4 Å². The van der Waals surface area contributed by atoms with Gasteiger partial charge in [-0.1, -0.05) is 43.3 Å². The zero-order chi connectivity index (χ0) is 39.7. The molecule has 3 aliphatic heterocycles. The highest BCUT2D eigenvalue weighted by Crippen LogP contribution is 2.40. The zero-order valence-electron chi connectivity index (χ0n) is 31.5. The van der Waals surface area contributed by atoms with Crippen molar-refractivity contribution in [3.63, 3.8) is 0 Å². The summed E-state index contributed by atoms with van der Waals surface area (Å²) in [4.78, 5) is 19.1. The lowest BCUT2D eigenvalue weighted by molar-refractivity contribution is -0.941. The Morgan fingerprint density at radius 1 is 1.02 bits per heavy atom. The summed E-state index contributed by atoms with van der Waals surface area (Å²) >= 11 is 7.34. The van der Waals surface area contributed by atoms with Crippen molar-refractivity contribution < 1.29 is 40.3 Å². The van der Waals surface area contributed by atoms with Crippen LogP contribution in [-0.2, 0) is 30.7 Å². The van der Waals surface area contributed by atoms with Gasteiger partial charge in [0, 0.05) is 55.0 Å². The summed E-state index contributed by atoms with van der Waals surface area (Å²) in [6.07, 6.45) is 2.12. The third kappa shape index (κ3) is 8.42. The number of carbonyl (C=O) groups excluding carboxylic acids is 1. The number of halogens is 4. The van der Waals surface area contributed by atoms with Crippen molar-refractivity contribution in [2.24, 2.45) is 0 Å². The Morgan fingerprint density at radius 3 is 2.25 bits per heavy atom. The molecule has 0 radical (unpaired) electrons. The number of carbonyl (C=O) groups is 1. The quantitative estimate of drug-likeness (QED) is 0.0748. The molecule has 296 valence electrons. The summed E-state index contributed by atoms with van der Waals surface area (Å²) in [5.74, 6) is -3.09. The molecule has 3 fully saturated rings. The van der Waals surface area contributed by atoms with E-state index in [2.05, 4.69) is 9.88 Å². The van der Waals surface area contributed by atoms with Crippen molar-refractivity contribution in [1.82, 2.24) is 18.8 Å². The van der Waals surface area contributed by atoms with Gasteiger partial charge >= 0.3 is 5.97 Å². The fourth-order valence-electron chi connectivity index (χ4n) is 7.49. The first kappa shape index (κ1) is 41.0. The minimum atomic E-state index is -4.53. The van der Waals surface area contributed by atoms with Crippen LogP contribution in [0.5, 0.6) is 5.75 Å². The van der Waals surface area contributed by atoms with Crippen LogP contribution < -0.4 is 4.74 Å². The molecule has 4 heterocycles. The SMILES string of the molecule is COC(=O)[C@@H](C)N(CCC[N+]12CCN(CC1)CC2)S(=O)(=O)c1cc(F)c(CSc2ncc(C(C)(C)c3ccc(Cl)c(OC)c3)n2-c2ccc(F)cc2)c(F)c1. The zero-order valence-corrected chi connectivity index (χ0v) is 33.9. The summed E-state index contributed by atoms with van der Waals surface area (Å²) in [6, 6.07) is 11.6. The number of methoxy groups -OCH3 is 2. The molecule has 0 N–H and O–H groups in total. The number of ether oxygens (including phenoxy) is 2. The van der Waals surface area contributed by atoms with Gasteiger partial charge in [0.1, 0.15) is 29.2 Å². The molecule has 4 aromatic rings. The number of aromatic nitrogens is 2. The lowest BCUT2D eigenvalue weighted by Crippen LogP contribution is -2.67. The first-order valence-electron chi connectivity index (χ1n) is 18.1. The van der Waals surface area contributed by atoms with Crippen LogP contribution in [-0.4, -0.2) is 110 Å². The van der Waals surface area contributed by atoms with Gasteiger partial charge in [0.15, 0.2) is 5.16 Å². The van der Waals surface area contributed by atoms with Gasteiger partial charge in [-0.15, -0.1) is 0 Å². The van der Waals surface area contributed by atoms with Crippen LogP contribution in [0.3, 0.4) is 0 Å². The first-order chi connectivity index (χ1) is 26.1. The molecule has 55 heavy (non-hydrogen) atoms. The maximum atomic E-state index is 15.9. The van der Waals surface area contributed by atoms with Gasteiger partial charge in [0.05, 0.1) is 62.2 Å². The fourth-order valence-corrected chi connectivity index (χ4v) is 10.3. The van der Waals surface area contributed by atoms with E-state index in [4.69, 9.17) is 21.1 Å². The summed E-state index contributed by atoms with van der Waals surface area (Å²) < 4.78 is 87.9. The molecular formula is C39H46ClF3N5O5S2+. The average Bonchev–Trinajstić information content (AvgIpc) is 3.61. The molecular weight excluding hydrogens is 775 g/mol. The molecule has 2 bridgehead atoms. The number of fused-ring (bicyclic) bond motifs is 3. The molecule has 0 amide bonds. The molecule has 0 unspecified atom stereocenters. The van der Waals surface area contributed by atoms with Crippen molar-refractivity contribution in [2.75, 3.05) is 66.6 Å². The number of benzene rings is 3. The lowest BCUT2D eigenvalue weighted by Gasteiger charge is -2.50. The van der Waals surface area contributed by atoms with E-state index in [-0.39, 0.29) is 17.9 Å². The normalized spacial score (nSPS) is 19.1. The summed E-state index contributed by atoms with van der Waals surface area (Å²) in [6.45, 7) is 12.0. The fraction of sp³-hybridized carbons (Fsp3) is 0.436. The van der Waals surface area contributed by atoms with Gasteiger partial charge in [0.25, 0.3) is 0 Å². The van der Waals surface area contributed by atoms with E-state index in [0.717, 1.165) is 84.1 Å². The molecule has 16 heteroatoms. The highest BCUT2D eigenvalue weighted by molar-refractivity contribution is 7.98. The van der Waals surface area contributed by atoms with E-state index in [9.17, 15) is 17.6 Å². The van der Waals surface area contributed by atoms with Gasteiger partial charge in [-0.3, -0.25) is 14.3 Å². The summed E-state index contributed by atoms with van der Waals surface area (Å²) in [5, 5.41) is 0.809. The maximum Gasteiger partial charge on any atom is 0.323 e. The highest BCUT2D eigenvalue weighted by atomic mass is 35.5. The van der Waals surface area contributed by atoms with E-state index in [0.29, 0.717) is 33.7 Å². The molecule has 3 aromatic carbocycles. The number of nitrogens with zero attached hydrogens (tertiary/aromatic N) is 5. The molecule has 10 nitrogen and oxygen atoms in total. The number of piperazine rings is 3. The Morgan fingerprint density at radius 2 is 1.65 bits per heavy atom. The number of quaternary nitrogens is 1. The lowest BCUT2D eigenvalue weighted by atomic mass is 9.81. The minimum absolute atomic E-state index is 0.0172. The third-order valence-corrected chi connectivity index (χ3v) is 14.3. The molecule has 0 spiro atoms. The van der Waals surface area contributed by atoms with Crippen molar-refractivity contribution >= 4 is 39.4 Å². The van der Waals surface area contributed by atoms with Crippen LogP contribution in [0.25, 0.3) is 5.69 Å². The van der Waals surface area contributed by atoms with Crippen LogP contribution in [0.1, 0.15) is 44.0 Å². The number of hydrogen-bond donors (Lipinski definition) is 0. The van der Waals surface area contributed by atoms with Gasteiger partial charge in [0.2, 0.25) is 10.0 Å². The van der Waals surface area contributed by atoms with Gasteiger partial charge in [-0.05, 0) is 61.0 Å². The number of esters is 1. The van der Waals surface area contributed by atoms with E-state index in [1.54, 1.807) is 29.0 Å². The summed E-state index contributed by atoms with van der Waals surface area (Å²) in [7, 11) is -1.84. The number of thioether (sulfide) groups is 1. The minimum Gasteiger partial charge on any atom is -0.495 e. The molecule has 1 aromatic heterocycles. The molecule has 3 saturated heterocycles. The Kier molecular flexibility index (Phi) is 12.3. The van der Waals surface area contributed by atoms with Gasteiger partial charge < -0.3 is 14.0 Å². The Bertz CT molecular complexity index is 2110. The van der Waals surface area contributed by atoms with Gasteiger partial charge in [-0.2, -0.15) is 4.31 Å². The molecule has 7 rings (SSSR count). The molecule has 1 atom stereocenters. The number of sulfonamides is 1. The van der Waals surface area contributed by atoms with Crippen LogP contribution in [0, 0.1) is 17.5 Å². The number of rotatable bonds is 15. The van der Waals surface area contributed by atoms with E-state index < -0.39 is 49.8 Å². The van der Waals surface area contributed by atoms with Crippen molar-refractivity contribution in [1.29, 1.82) is 0 Å². The van der Waals surface area contributed by atoms with Crippen LogP contribution >= 0.6 is 23.4 Å². The van der Waals surface area contributed by atoms with E-state index in [1.807, 2.05) is 26.0 Å². The Labute approximate surface area is 329 Å². The maximum absolute atomic E-state index is 15.9. The van der Waals surface area contributed by atoms with Crippen molar-refractivity contribution in [2.45, 2.75) is 54.5 Å². The third-order valence-electron chi connectivity index (χ3n) is 11.1. The van der Waals surface area contributed by atoms with Crippen LogP contribution in [0.4, 0.5) is 13.2 Å². The highest BCUT2D eigenvalue weighted by Gasteiger charge is 2.40. The second-order valence-electron chi connectivity index (χ2n) is 14.6. The molecule has 0 saturated carbocycles. The average molecular weight is 821 g/mol. The van der Waals surface area contributed by atoms with Crippen molar-refractivity contribution in [3.05, 3.63) is 100 Å². The molecule has 0 aliphatic carbocycles. The predicted octanol–water partition coefficient (Wildman–Crippen LogP) is 6.66. The van der Waals surface area contributed by atoms with E-state index >= 15 is 8.78 Å². The van der Waals surface area contributed by atoms with Crippen LogP contribution in [0.2, 0.25) is 5.02 Å². The topological polar surface area (TPSA) is 94.0 Å². The largest absolute Gasteiger partial charge is 0.495 e. The first-order valence-corrected chi connectivity index (χ1v) is 20.9.